The fourth-order valence-corrected chi connectivity index (χ4v) is 3.59. The van der Waals surface area contributed by atoms with E-state index in [1.165, 1.54) is 0 Å². The fraction of sp³-hybridized carbons (Fsp3) is 0.222. The average molecular weight is 334 g/mol. The first-order valence-electron chi connectivity index (χ1n) is 4.46. The Balaban J connectivity index is 3.25. The van der Waals surface area contributed by atoms with Crippen molar-refractivity contribution in [3.05, 3.63) is 27.2 Å². The van der Waals surface area contributed by atoms with Crippen molar-refractivity contribution in [3.63, 3.8) is 0 Å². The first-order chi connectivity index (χ1) is 8.15. The number of hydrogen-bond acceptors (Lipinski definition) is 4. The molecule has 0 unspecified atom stereocenters. The first kappa shape index (κ1) is 15.5. The van der Waals surface area contributed by atoms with Crippen LogP contribution in [0.2, 0.25) is 15.1 Å². The molecule has 0 amide bonds. The number of carbonyl (C=O) groups is 1. The van der Waals surface area contributed by atoms with Gasteiger partial charge in [0, 0.05) is 5.02 Å². The topological polar surface area (TPSA) is 80.7 Å². The summed E-state index contributed by atoms with van der Waals surface area (Å²) < 4.78 is 28.1. The van der Waals surface area contributed by atoms with Crippen molar-refractivity contribution in [1.29, 1.82) is 0 Å². The molecule has 0 saturated carbocycles. The molecule has 1 aromatic carbocycles. The minimum Gasteiger partial charge on any atom is -0.479 e. The van der Waals surface area contributed by atoms with Crippen molar-refractivity contribution in [2.45, 2.75) is 17.9 Å². The molecular weight excluding hydrogens is 327 g/mol. The SMILES string of the molecule is C[C@H](OS(=O)(=O)c1c(Cl)cc(Cl)cc1Cl)C(=O)O. The summed E-state index contributed by atoms with van der Waals surface area (Å²) in [4.78, 5) is 10.0. The van der Waals surface area contributed by atoms with Gasteiger partial charge in [-0.3, -0.25) is 4.18 Å². The van der Waals surface area contributed by atoms with E-state index in [2.05, 4.69) is 4.18 Å². The van der Waals surface area contributed by atoms with Gasteiger partial charge in [0.05, 0.1) is 10.0 Å². The summed E-state index contributed by atoms with van der Waals surface area (Å²) in [6.07, 6.45) is -1.56. The average Bonchev–Trinajstić information content (AvgIpc) is 2.13. The van der Waals surface area contributed by atoms with Crippen LogP contribution in [0.25, 0.3) is 0 Å². The number of aliphatic carboxylic acids is 1. The lowest BCUT2D eigenvalue weighted by Crippen LogP contribution is -2.24. The molecule has 0 radical (unpaired) electrons. The molecule has 18 heavy (non-hydrogen) atoms. The maximum atomic E-state index is 11.8. The van der Waals surface area contributed by atoms with Crippen LogP contribution in [0, 0.1) is 0 Å². The van der Waals surface area contributed by atoms with E-state index >= 15 is 0 Å². The molecular formula is C9H7Cl3O5S. The van der Waals surface area contributed by atoms with E-state index in [0.29, 0.717) is 0 Å². The molecule has 0 aliphatic carbocycles. The monoisotopic (exact) mass is 332 g/mol. The highest BCUT2D eigenvalue weighted by atomic mass is 35.5. The van der Waals surface area contributed by atoms with E-state index in [1.807, 2.05) is 0 Å². The molecule has 9 heteroatoms. The summed E-state index contributed by atoms with van der Waals surface area (Å²) in [6, 6.07) is 2.33. The molecule has 100 valence electrons. The summed E-state index contributed by atoms with van der Waals surface area (Å²) in [5, 5.41) is 8.26. The number of rotatable bonds is 4. The van der Waals surface area contributed by atoms with Gasteiger partial charge in [0.25, 0.3) is 0 Å². The Hall–Kier alpha value is -0.530. The second-order valence-corrected chi connectivity index (χ2v) is 5.99. The number of hydrogen-bond donors (Lipinski definition) is 1. The lowest BCUT2D eigenvalue weighted by atomic mass is 10.4. The molecule has 0 aliphatic heterocycles. The summed E-state index contributed by atoms with van der Waals surface area (Å²) in [6.45, 7) is 1.07. The Labute approximate surface area is 118 Å². The van der Waals surface area contributed by atoms with Crippen molar-refractivity contribution in [1.82, 2.24) is 0 Å². The van der Waals surface area contributed by atoms with Gasteiger partial charge in [-0.05, 0) is 19.1 Å². The van der Waals surface area contributed by atoms with Crippen LogP contribution in [0.15, 0.2) is 17.0 Å². The molecule has 0 spiro atoms. The predicted octanol–water partition coefficient (Wildman–Crippen LogP) is 2.83. The normalized spacial score (nSPS) is 13.3. The van der Waals surface area contributed by atoms with E-state index < -0.39 is 27.1 Å². The highest BCUT2D eigenvalue weighted by molar-refractivity contribution is 7.87. The zero-order valence-electron chi connectivity index (χ0n) is 8.85. The summed E-state index contributed by atoms with van der Waals surface area (Å²) in [5.74, 6) is -1.43. The van der Waals surface area contributed by atoms with Gasteiger partial charge in [0.1, 0.15) is 4.90 Å². The highest BCUT2D eigenvalue weighted by Crippen LogP contribution is 2.34. The van der Waals surface area contributed by atoms with Gasteiger partial charge < -0.3 is 5.11 Å². The largest absolute Gasteiger partial charge is 0.479 e. The smallest absolute Gasteiger partial charge is 0.334 e. The Kier molecular flexibility index (Phi) is 4.85. The molecule has 1 atom stereocenters. The van der Waals surface area contributed by atoms with Crippen LogP contribution in [-0.4, -0.2) is 25.6 Å². The zero-order chi connectivity index (χ0) is 14.1. The Bertz CT molecular complexity index is 561. The van der Waals surface area contributed by atoms with Gasteiger partial charge in [-0.25, -0.2) is 4.79 Å². The van der Waals surface area contributed by atoms with Crippen molar-refractivity contribution in [3.8, 4) is 0 Å². The number of carboxylic acids is 1. The lowest BCUT2D eigenvalue weighted by molar-refractivity contribution is -0.144. The van der Waals surface area contributed by atoms with Crippen molar-refractivity contribution in [2.24, 2.45) is 0 Å². The van der Waals surface area contributed by atoms with Crippen LogP contribution in [0.4, 0.5) is 0 Å². The van der Waals surface area contributed by atoms with Crippen molar-refractivity contribution in [2.75, 3.05) is 0 Å². The van der Waals surface area contributed by atoms with Crippen LogP contribution in [0.5, 0.6) is 0 Å². The number of carboxylic acid groups (broad SMARTS) is 1. The van der Waals surface area contributed by atoms with E-state index in [-0.39, 0.29) is 15.1 Å². The third-order valence-corrected chi connectivity index (χ3v) is 4.35. The molecule has 0 aliphatic rings. The predicted molar refractivity (Wildman–Crippen MR) is 66.8 cm³/mol. The molecule has 0 saturated heterocycles. The van der Waals surface area contributed by atoms with Gasteiger partial charge >= 0.3 is 16.1 Å². The molecule has 1 N–H and O–H groups in total. The highest BCUT2D eigenvalue weighted by Gasteiger charge is 2.28. The van der Waals surface area contributed by atoms with Crippen LogP contribution < -0.4 is 0 Å². The van der Waals surface area contributed by atoms with Crippen molar-refractivity contribution < 1.29 is 22.5 Å². The molecule has 1 rings (SSSR count). The Morgan fingerprint density at radius 2 is 1.72 bits per heavy atom. The summed E-state index contributed by atoms with van der Waals surface area (Å²) in [5.41, 5.74) is 0. The quantitative estimate of drug-likeness (QED) is 0.857. The minimum atomic E-state index is -4.39. The summed E-state index contributed by atoms with van der Waals surface area (Å²) >= 11 is 17.0. The second-order valence-electron chi connectivity index (χ2n) is 3.23. The molecule has 0 fully saturated rings. The van der Waals surface area contributed by atoms with E-state index in [0.717, 1.165) is 19.1 Å². The molecule has 0 bridgehead atoms. The van der Waals surface area contributed by atoms with Crippen LogP contribution >= 0.6 is 34.8 Å². The van der Waals surface area contributed by atoms with Crippen LogP contribution in [0.1, 0.15) is 6.92 Å². The van der Waals surface area contributed by atoms with Gasteiger partial charge in [0.15, 0.2) is 6.10 Å². The second kappa shape index (κ2) is 5.63. The Morgan fingerprint density at radius 3 is 2.11 bits per heavy atom. The van der Waals surface area contributed by atoms with Crippen LogP contribution in [0.3, 0.4) is 0 Å². The first-order valence-corrected chi connectivity index (χ1v) is 7.00. The summed E-state index contributed by atoms with van der Waals surface area (Å²) in [7, 11) is -4.39. The van der Waals surface area contributed by atoms with Crippen LogP contribution in [-0.2, 0) is 19.1 Å². The third kappa shape index (κ3) is 3.49. The molecule has 1 aromatic rings. The maximum absolute atomic E-state index is 11.8. The van der Waals surface area contributed by atoms with Crippen molar-refractivity contribution >= 4 is 50.9 Å². The van der Waals surface area contributed by atoms with Gasteiger partial charge in [0.2, 0.25) is 0 Å². The number of benzene rings is 1. The maximum Gasteiger partial charge on any atom is 0.334 e. The van der Waals surface area contributed by atoms with Gasteiger partial charge in [-0.15, -0.1) is 0 Å². The minimum absolute atomic E-state index is 0.148. The van der Waals surface area contributed by atoms with E-state index in [4.69, 9.17) is 39.9 Å². The van der Waals surface area contributed by atoms with Gasteiger partial charge in [-0.1, -0.05) is 34.8 Å². The van der Waals surface area contributed by atoms with E-state index in [1.54, 1.807) is 0 Å². The standard InChI is InChI=1S/C9H7Cl3O5S/c1-4(9(13)14)17-18(15,16)8-6(11)2-5(10)3-7(8)12/h2-4H,1H3,(H,13,14)/t4-/m0/s1. The van der Waals surface area contributed by atoms with Gasteiger partial charge in [-0.2, -0.15) is 8.42 Å². The molecule has 0 aromatic heterocycles. The molecule has 5 nitrogen and oxygen atoms in total. The zero-order valence-corrected chi connectivity index (χ0v) is 11.9. The Morgan fingerprint density at radius 1 is 1.28 bits per heavy atom. The lowest BCUT2D eigenvalue weighted by Gasteiger charge is -2.11. The van der Waals surface area contributed by atoms with E-state index in [9.17, 15) is 13.2 Å². The third-order valence-electron chi connectivity index (χ3n) is 1.83. The fourth-order valence-electron chi connectivity index (χ4n) is 1.05. The number of halogens is 3. The molecule has 0 heterocycles.